The number of carbonyl (C=O) groups excluding carboxylic acids is 1. The van der Waals surface area contributed by atoms with Crippen LogP contribution in [0.5, 0.6) is 0 Å². The molecule has 0 fully saturated rings. The highest BCUT2D eigenvalue weighted by molar-refractivity contribution is 5.88. The first kappa shape index (κ1) is 10.5. The van der Waals surface area contributed by atoms with Gasteiger partial charge in [-0.15, -0.1) is 10.2 Å². The molecule has 5 nitrogen and oxygen atoms in total. The average Bonchev–Trinajstić information content (AvgIpc) is 2.45. The molecule has 0 unspecified atom stereocenters. The van der Waals surface area contributed by atoms with Crippen LogP contribution in [0.1, 0.15) is 16.2 Å². The van der Waals surface area contributed by atoms with Crippen molar-refractivity contribution >= 4 is 5.97 Å². The number of nitrogens with zero attached hydrogens (tertiary/aromatic N) is 3. The van der Waals surface area contributed by atoms with E-state index in [9.17, 15) is 18.0 Å². The summed E-state index contributed by atoms with van der Waals surface area (Å²) in [6.45, 7) is 0. The number of aromatic nitrogens is 3. The van der Waals surface area contributed by atoms with Gasteiger partial charge in [0.25, 0.3) is 0 Å². The minimum absolute atomic E-state index is 0.662. The first-order valence-electron chi connectivity index (χ1n) is 3.43. The maximum absolute atomic E-state index is 12.2. The number of hydrogen-bond donors (Lipinski definition) is 0. The average molecular weight is 209 g/mol. The zero-order valence-corrected chi connectivity index (χ0v) is 7.29. The van der Waals surface area contributed by atoms with E-state index in [2.05, 4.69) is 14.9 Å². The van der Waals surface area contributed by atoms with E-state index in [0.29, 0.717) is 4.80 Å². The number of ether oxygens (including phenoxy) is 1. The number of alkyl halides is 3. The van der Waals surface area contributed by atoms with E-state index in [1.54, 1.807) is 0 Å². The molecule has 1 heterocycles. The standard InChI is InChI=1S/C6H6F3N3O2/c1-12-10-3(5(13)14-2)4(11-12)6(7,8)9/h1-2H3. The Hall–Kier alpha value is -1.60. The molecule has 0 bridgehead atoms. The van der Waals surface area contributed by atoms with Gasteiger partial charge in [-0.05, 0) is 0 Å². The van der Waals surface area contributed by atoms with Gasteiger partial charge in [0.05, 0.1) is 7.11 Å². The number of hydrogen-bond acceptors (Lipinski definition) is 4. The largest absolute Gasteiger partial charge is 0.464 e. The lowest BCUT2D eigenvalue weighted by Crippen LogP contribution is -2.13. The fourth-order valence-electron chi connectivity index (χ4n) is 0.832. The van der Waals surface area contributed by atoms with Crippen molar-refractivity contribution in [2.45, 2.75) is 6.18 Å². The summed E-state index contributed by atoms with van der Waals surface area (Å²) in [7, 11) is 2.15. The van der Waals surface area contributed by atoms with Crippen molar-refractivity contribution in [1.29, 1.82) is 0 Å². The monoisotopic (exact) mass is 209 g/mol. The number of methoxy groups -OCH3 is 1. The van der Waals surface area contributed by atoms with Crippen LogP contribution in [0.3, 0.4) is 0 Å². The van der Waals surface area contributed by atoms with Gasteiger partial charge in [0, 0.05) is 7.05 Å². The fourth-order valence-corrected chi connectivity index (χ4v) is 0.832. The molecular weight excluding hydrogens is 203 g/mol. The highest BCUT2D eigenvalue weighted by atomic mass is 19.4. The Morgan fingerprint density at radius 3 is 2.43 bits per heavy atom. The van der Waals surface area contributed by atoms with Crippen LogP contribution in [-0.4, -0.2) is 28.1 Å². The molecule has 8 heteroatoms. The number of rotatable bonds is 1. The fraction of sp³-hybridized carbons (Fsp3) is 0.500. The van der Waals surface area contributed by atoms with Gasteiger partial charge in [0.15, 0.2) is 0 Å². The van der Waals surface area contributed by atoms with Crippen molar-refractivity contribution in [2.24, 2.45) is 7.05 Å². The van der Waals surface area contributed by atoms with E-state index in [-0.39, 0.29) is 0 Å². The third-order valence-corrected chi connectivity index (χ3v) is 1.36. The van der Waals surface area contributed by atoms with Crippen LogP contribution in [0.25, 0.3) is 0 Å². The highest BCUT2D eigenvalue weighted by Crippen LogP contribution is 2.29. The SMILES string of the molecule is COC(=O)c1nn(C)nc1C(F)(F)F. The van der Waals surface area contributed by atoms with E-state index < -0.39 is 23.5 Å². The summed E-state index contributed by atoms with van der Waals surface area (Å²) in [5.41, 5.74) is -2.17. The van der Waals surface area contributed by atoms with Gasteiger partial charge in [0.1, 0.15) is 0 Å². The van der Waals surface area contributed by atoms with Gasteiger partial charge in [-0.25, -0.2) is 4.79 Å². The Bertz CT molecular complexity index is 358. The number of carbonyl (C=O) groups is 1. The summed E-state index contributed by atoms with van der Waals surface area (Å²) in [5, 5.41) is 6.29. The van der Waals surface area contributed by atoms with Gasteiger partial charge in [-0.2, -0.15) is 18.0 Å². The quantitative estimate of drug-likeness (QED) is 0.636. The summed E-state index contributed by atoms with van der Waals surface area (Å²) in [4.78, 5) is 11.5. The lowest BCUT2D eigenvalue weighted by molar-refractivity contribution is -0.142. The zero-order valence-electron chi connectivity index (χ0n) is 7.29. The summed E-state index contributed by atoms with van der Waals surface area (Å²) in [6.07, 6.45) is -4.71. The molecule has 1 rings (SSSR count). The van der Waals surface area contributed by atoms with E-state index in [0.717, 1.165) is 7.11 Å². The molecule has 1 aromatic rings. The minimum Gasteiger partial charge on any atom is -0.464 e. The second kappa shape index (κ2) is 3.28. The Morgan fingerprint density at radius 2 is 2.00 bits per heavy atom. The van der Waals surface area contributed by atoms with Crippen molar-refractivity contribution < 1.29 is 22.7 Å². The molecule has 0 amide bonds. The van der Waals surface area contributed by atoms with Crippen molar-refractivity contribution in [1.82, 2.24) is 15.0 Å². The molecule has 0 saturated heterocycles. The molecule has 0 N–H and O–H groups in total. The first-order valence-corrected chi connectivity index (χ1v) is 3.43. The molecule has 0 aliphatic carbocycles. The summed E-state index contributed by atoms with van der Waals surface area (Å²) in [6, 6.07) is 0. The second-order valence-corrected chi connectivity index (χ2v) is 2.38. The van der Waals surface area contributed by atoms with Crippen LogP contribution in [0, 0.1) is 0 Å². The van der Waals surface area contributed by atoms with Crippen LogP contribution in [0.2, 0.25) is 0 Å². The normalized spacial score (nSPS) is 11.5. The molecule has 78 valence electrons. The highest BCUT2D eigenvalue weighted by Gasteiger charge is 2.40. The molecule has 0 radical (unpaired) electrons. The molecular formula is C6H6F3N3O2. The lowest BCUT2D eigenvalue weighted by Gasteiger charge is -2.02. The Labute approximate surface area is 76.5 Å². The van der Waals surface area contributed by atoms with Gasteiger partial charge in [-0.3, -0.25) is 0 Å². The van der Waals surface area contributed by atoms with E-state index in [1.165, 1.54) is 7.05 Å². The van der Waals surface area contributed by atoms with Crippen molar-refractivity contribution in [3.05, 3.63) is 11.4 Å². The number of aryl methyl sites for hydroxylation is 1. The third-order valence-electron chi connectivity index (χ3n) is 1.36. The van der Waals surface area contributed by atoms with E-state index >= 15 is 0 Å². The van der Waals surface area contributed by atoms with Gasteiger partial charge < -0.3 is 4.74 Å². The summed E-state index contributed by atoms with van der Waals surface area (Å²) >= 11 is 0. The molecule has 14 heavy (non-hydrogen) atoms. The third kappa shape index (κ3) is 1.83. The molecule has 0 atom stereocenters. The summed E-state index contributed by atoms with van der Waals surface area (Å²) < 4.78 is 40.8. The maximum Gasteiger partial charge on any atom is 0.437 e. The maximum atomic E-state index is 12.2. The Morgan fingerprint density at radius 1 is 1.43 bits per heavy atom. The first-order chi connectivity index (χ1) is 6.36. The molecule has 0 aromatic carbocycles. The van der Waals surface area contributed by atoms with Crippen LogP contribution in [0.15, 0.2) is 0 Å². The molecule has 0 spiro atoms. The Balaban J connectivity index is 3.23. The predicted molar refractivity (Wildman–Crippen MR) is 37.3 cm³/mol. The van der Waals surface area contributed by atoms with Crippen LogP contribution >= 0.6 is 0 Å². The van der Waals surface area contributed by atoms with E-state index in [1.807, 2.05) is 0 Å². The molecule has 0 saturated carbocycles. The zero-order chi connectivity index (χ0) is 10.9. The molecule has 0 aliphatic heterocycles. The molecule has 0 aliphatic rings. The van der Waals surface area contributed by atoms with Gasteiger partial charge in [-0.1, -0.05) is 0 Å². The van der Waals surface area contributed by atoms with Crippen molar-refractivity contribution in [2.75, 3.05) is 7.11 Å². The second-order valence-electron chi connectivity index (χ2n) is 2.38. The van der Waals surface area contributed by atoms with Crippen molar-refractivity contribution in [3.63, 3.8) is 0 Å². The summed E-state index contributed by atoms with van der Waals surface area (Å²) in [5.74, 6) is -1.16. The van der Waals surface area contributed by atoms with Gasteiger partial charge >= 0.3 is 12.1 Å². The van der Waals surface area contributed by atoms with Crippen LogP contribution in [-0.2, 0) is 18.0 Å². The number of esters is 1. The van der Waals surface area contributed by atoms with Crippen LogP contribution < -0.4 is 0 Å². The van der Waals surface area contributed by atoms with Crippen molar-refractivity contribution in [3.8, 4) is 0 Å². The topological polar surface area (TPSA) is 57.0 Å². The lowest BCUT2D eigenvalue weighted by atomic mass is 10.3. The molecule has 1 aromatic heterocycles. The Kier molecular flexibility index (Phi) is 2.45. The van der Waals surface area contributed by atoms with E-state index in [4.69, 9.17) is 0 Å². The van der Waals surface area contributed by atoms with Crippen LogP contribution in [0.4, 0.5) is 13.2 Å². The smallest absolute Gasteiger partial charge is 0.437 e. The predicted octanol–water partition coefficient (Wildman–Crippen LogP) is 0.620. The minimum atomic E-state index is -4.71. The number of halogens is 3. The van der Waals surface area contributed by atoms with Gasteiger partial charge in [0.2, 0.25) is 11.4 Å².